The molecule has 1 aromatic carbocycles. The van der Waals surface area contributed by atoms with Crippen molar-refractivity contribution < 1.29 is 13.2 Å². The molecule has 0 aliphatic rings. The Hall–Kier alpha value is -1.71. The molecule has 0 radical (unpaired) electrons. The average molecular weight is 426 g/mol. The van der Waals surface area contributed by atoms with Crippen molar-refractivity contribution in [2.75, 3.05) is 20.3 Å². The van der Waals surface area contributed by atoms with Gasteiger partial charge in [-0.25, -0.2) is 18.1 Å². The number of thiazole rings is 1. The quantitative estimate of drug-likeness (QED) is 0.586. The van der Waals surface area contributed by atoms with E-state index in [2.05, 4.69) is 9.71 Å². The van der Waals surface area contributed by atoms with E-state index >= 15 is 0 Å². The summed E-state index contributed by atoms with van der Waals surface area (Å²) in [6.07, 6.45) is 0. The molecule has 6 nitrogen and oxygen atoms in total. The van der Waals surface area contributed by atoms with Gasteiger partial charge in [0.1, 0.15) is 9.90 Å². The van der Waals surface area contributed by atoms with E-state index in [1.54, 1.807) is 13.0 Å². The molecule has 0 bridgehead atoms. The highest BCUT2D eigenvalue weighted by Gasteiger charge is 2.23. The fourth-order valence-electron chi connectivity index (χ4n) is 2.65. The van der Waals surface area contributed by atoms with E-state index in [-0.39, 0.29) is 11.4 Å². The van der Waals surface area contributed by atoms with Crippen LogP contribution in [0.25, 0.3) is 22.0 Å². The first-order chi connectivity index (χ1) is 12.8. The maximum Gasteiger partial charge on any atom is 0.242 e. The van der Waals surface area contributed by atoms with Crippen LogP contribution < -0.4 is 4.72 Å². The molecular weight excluding hydrogens is 406 g/mol. The van der Waals surface area contributed by atoms with Crippen molar-refractivity contribution in [3.8, 4) is 22.0 Å². The fourth-order valence-corrected chi connectivity index (χ4v) is 4.95. The lowest BCUT2D eigenvalue weighted by molar-refractivity contribution is 0.204. The first kappa shape index (κ1) is 20.0. The summed E-state index contributed by atoms with van der Waals surface area (Å²) in [5, 5.41) is 3.37. The number of aromatic nitrogens is 2. The van der Waals surface area contributed by atoms with Gasteiger partial charge in [0.2, 0.25) is 10.0 Å². The lowest BCUT2D eigenvalue weighted by atomic mass is 10.2. The summed E-state index contributed by atoms with van der Waals surface area (Å²) in [5.41, 5.74) is 3.19. The van der Waals surface area contributed by atoms with Crippen molar-refractivity contribution in [3.05, 3.63) is 46.4 Å². The number of hydrogen-bond donors (Lipinski definition) is 1. The van der Waals surface area contributed by atoms with E-state index in [0.29, 0.717) is 17.3 Å². The van der Waals surface area contributed by atoms with Gasteiger partial charge in [-0.3, -0.25) is 0 Å². The Bertz CT molecular complexity index is 1040. The number of nitrogens with one attached hydrogen (secondary N) is 1. The van der Waals surface area contributed by atoms with Gasteiger partial charge in [-0.05, 0) is 25.1 Å². The summed E-state index contributed by atoms with van der Waals surface area (Å²) < 4.78 is 34.4. The number of rotatable bonds is 7. The molecule has 0 aliphatic carbocycles. The molecule has 0 saturated carbocycles. The van der Waals surface area contributed by atoms with Gasteiger partial charge in [0.05, 0.1) is 18.0 Å². The van der Waals surface area contributed by atoms with Crippen LogP contribution in [-0.2, 0) is 21.8 Å². The van der Waals surface area contributed by atoms with Crippen LogP contribution in [0.5, 0.6) is 0 Å². The van der Waals surface area contributed by atoms with Gasteiger partial charge in [-0.15, -0.1) is 11.3 Å². The van der Waals surface area contributed by atoms with Gasteiger partial charge in [-0.2, -0.15) is 0 Å². The maximum absolute atomic E-state index is 12.6. The zero-order valence-corrected chi connectivity index (χ0v) is 17.6. The Labute approximate surface area is 167 Å². The van der Waals surface area contributed by atoms with Crippen LogP contribution in [0, 0.1) is 6.92 Å². The summed E-state index contributed by atoms with van der Waals surface area (Å²) in [6, 6.07) is 9.12. The summed E-state index contributed by atoms with van der Waals surface area (Å²) in [4.78, 5) is 4.92. The second-order valence-corrected chi connectivity index (χ2v) is 9.00. The van der Waals surface area contributed by atoms with Crippen molar-refractivity contribution in [1.29, 1.82) is 0 Å². The van der Waals surface area contributed by atoms with Gasteiger partial charge in [0, 0.05) is 42.4 Å². The van der Waals surface area contributed by atoms with Crippen molar-refractivity contribution in [3.63, 3.8) is 0 Å². The van der Waals surface area contributed by atoms with Crippen LogP contribution in [0.3, 0.4) is 0 Å². The third-order valence-electron chi connectivity index (χ3n) is 4.24. The number of methoxy groups -OCH3 is 1. The van der Waals surface area contributed by atoms with E-state index in [1.165, 1.54) is 18.4 Å². The predicted molar refractivity (Wildman–Crippen MR) is 109 cm³/mol. The lowest BCUT2D eigenvalue weighted by Crippen LogP contribution is -2.27. The topological polar surface area (TPSA) is 73.2 Å². The van der Waals surface area contributed by atoms with E-state index in [4.69, 9.17) is 16.3 Å². The summed E-state index contributed by atoms with van der Waals surface area (Å²) in [5.74, 6) is 0. The molecule has 0 saturated heterocycles. The van der Waals surface area contributed by atoms with Gasteiger partial charge >= 0.3 is 0 Å². The zero-order chi connectivity index (χ0) is 19.6. The van der Waals surface area contributed by atoms with Crippen LogP contribution in [0.2, 0.25) is 5.02 Å². The van der Waals surface area contributed by atoms with Crippen LogP contribution in [0.15, 0.2) is 40.6 Å². The number of hydrogen-bond acceptors (Lipinski definition) is 5. The van der Waals surface area contributed by atoms with Crippen molar-refractivity contribution in [2.24, 2.45) is 7.05 Å². The highest BCUT2D eigenvalue weighted by atomic mass is 35.5. The molecule has 0 fully saturated rings. The molecule has 2 heterocycles. The third-order valence-corrected chi connectivity index (χ3v) is 6.93. The summed E-state index contributed by atoms with van der Waals surface area (Å²) in [6.45, 7) is 2.32. The van der Waals surface area contributed by atoms with Crippen LogP contribution in [0.4, 0.5) is 0 Å². The molecule has 0 aliphatic heterocycles. The average Bonchev–Trinajstić information content (AvgIpc) is 3.22. The molecule has 2 aromatic heterocycles. The smallest absolute Gasteiger partial charge is 0.242 e. The molecule has 0 amide bonds. The number of halogens is 1. The molecule has 3 rings (SSSR count). The molecule has 9 heteroatoms. The van der Waals surface area contributed by atoms with Gasteiger partial charge in [-0.1, -0.05) is 23.7 Å². The first-order valence-corrected chi connectivity index (χ1v) is 10.9. The Morgan fingerprint density at radius 1 is 1.30 bits per heavy atom. The highest BCUT2D eigenvalue weighted by molar-refractivity contribution is 7.89. The fraction of sp³-hybridized carbons (Fsp3) is 0.278. The number of ether oxygens (including phenoxy) is 1. The molecule has 0 spiro atoms. The molecule has 0 unspecified atom stereocenters. The van der Waals surface area contributed by atoms with E-state index in [1.807, 2.05) is 41.3 Å². The van der Waals surface area contributed by atoms with Crippen LogP contribution in [-0.4, -0.2) is 38.2 Å². The van der Waals surface area contributed by atoms with Crippen molar-refractivity contribution in [1.82, 2.24) is 14.3 Å². The predicted octanol–water partition coefficient (Wildman–Crippen LogP) is 3.70. The number of sulfonamides is 1. The molecule has 0 atom stereocenters. The Balaban J connectivity index is 1.93. The number of benzene rings is 1. The van der Waals surface area contributed by atoms with Gasteiger partial charge in [0.25, 0.3) is 0 Å². The van der Waals surface area contributed by atoms with E-state index < -0.39 is 10.0 Å². The van der Waals surface area contributed by atoms with Crippen molar-refractivity contribution in [2.45, 2.75) is 11.8 Å². The van der Waals surface area contributed by atoms with Crippen LogP contribution in [0.1, 0.15) is 5.69 Å². The van der Waals surface area contributed by atoms with Crippen LogP contribution >= 0.6 is 22.9 Å². The van der Waals surface area contributed by atoms with E-state index in [9.17, 15) is 8.42 Å². The summed E-state index contributed by atoms with van der Waals surface area (Å²) >= 11 is 7.41. The summed E-state index contributed by atoms with van der Waals surface area (Å²) in [7, 11) is -0.247. The second kappa shape index (κ2) is 8.12. The monoisotopic (exact) mass is 425 g/mol. The lowest BCUT2D eigenvalue weighted by Gasteiger charge is -2.06. The molecule has 1 N–H and O–H groups in total. The SMILES string of the molecule is COCCNS(=O)(=O)c1cc(-c2nc(-c3ccc(Cl)cc3)cs2)n(C)c1C. The molecule has 144 valence electrons. The highest BCUT2D eigenvalue weighted by Crippen LogP contribution is 2.32. The second-order valence-electron chi connectivity index (χ2n) is 5.97. The first-order valence-electron chi connectivity index (χ1n) is 8.20. The minimum absolute atomic E-state index is 0.223. The Morgan fingerprint density at radius 2 is 2.00 bits per heavy atom. The largest absolute Gasteiger partial charge is 0.383 e. The minimum Gasteiger partial charge on any atom is -0.383 e. The zero-order valence-electron chi connectivity index (χ0n) is 15.2. The maximum atomic E-state index is 12.6. The molecule has 3 aromatic rings. The van der Waals surface area contributed by atoms with Gasteiger partial charge < -0.3 is 9.30 Å². The normalized spacial score (nSPS) is 11.9. The minimum atomic E-state index is -3.61. The standard InChI is InChI=1S/C18H20ClN3O3S2/c1-12-17(27(23,24)20-8-9-25-3)10-16(22(12)2)18-21-15(11-26-18)13-4-6-14(19)7-5-13/h4-7,10-11,20H,8-9H2,1-3H3. The molecule has 27 heavy (non-hydrogen) atoms. The molecular formula is C18H20ClN3O3S2. The third kappa shape index (κ3) is 4.25. The van der Waals surface area contributed by atoms with Gasteiger partial charge in [0.15, 0.2) is 0 Å². The Kier molecular flexibility index (Phi) is 6.02. The van der Waals surface area contributed by atoms with Crippen molar-refractivity contribution >= 4 is 33.0 Å². The number of nitrogens with zero attached hydrogens (tertiary/aromatic N) is 2. The Morgan fingerprint density at radius 3 is 2.67 bits per heavy atom. The van der Waals surface area contributed by atoms with E-state index in [0.717, 1.165) is 22.0 Å².